The minimum absolute atomic E-state index is 0.426. The van der Waals surface area contributed by atoms with Crippen molar-refractivity contribution in [1.82, 2.24) is 0 Å². The molecule has 0 aliphatic rings. The fourth-order valence-corrected chi connectivity index (χ4v) is 2.89. The van der Waals surface area contributed by atoms with Gasteiger partial charge in [-0.15, -0.1) is 0 Å². The van der Waals surface area contributed by atoms with Crippen molar-refractivity contribution in [2.24, 2.45) is 0 Å². The smallest absolute Gasteiger partial charge is 0.343 e. The largest absolute Gasteiger partial charge is 0.497 e. The molecule has 0 spiro atoms. The van der Waals surface area contributed by atoms with E-state index in [0.29, 0.717) is 27.7 Å². The maximum absolute atomic E-state index is 12.4. The predicted molar refractivity (Wildman–Crippen MR) is 105 cm³/mol. The van der Waals surface area contributed by atoms with Gasteiger partial charge in [-0.25, -0.2) is 4.79 Å². The zero-order valence-corrected chi connectivity index (χ0v) is 15.2. The number of fused-ring (bicyclic) bond motifs is 1. The lowest BCUT2D eigenvalue weighted by Crippen LogP contribution is -2.08. The standard InChI is InChI=1S/C22H15ClO4/c1-25-17-11-7-14(8-12-17)21-13-18-19(26-21)3-2-4-20(18)27-22(24)15-5-9-16(23)10-6-15/h2-13H,1H3. The maximum Gasteiger partial charge on any atom is 0.343 e. The number of methoxy groups -OCH3 is 1. The van der Waals surface area contributed by atoms with Gasteiger partial charge in [0.2, 0.25) is 0 Å². The molecule has 0 aliphatic carbocycles. The van der Waals surface area contributed by atoms with Crippen LogP contribution in [0, 0.1) is 0 Å². The van der Waals surface area contributed by atoms with Gasteiger partial charge in [0.1, 0.15) is 22.8 Å². The van der Waals surface area contributed by atoms with E-state index >= 15 is 0 Å². The summed E-state index contributed by atoms with van der Waals surface area (Å²) in [4.78, 5) is 12.4. The van der Waals surface area contributed by atoms with E-state index in [1.54, 1.807) is 43.5 Å². The molecule has 3 aromatic carbocycles. The van der Waals surface area contributed by atoms with Crippen LogP contribution in [-0.4, -0.2) is 13.1 Å². The summed E-state index contributed by atoms with van der Waals surface area (Å²) in [5.74, 6) is 1.44. The van der Waals surface area contributed by atoms with E-state index < -0.39 is 5.97 Å². The second-order valence-corrected chi connectivity index (χ2v) is 6.34. The molecule has 4 nitrogen and oxygen atoms in total. The Morgan fingerprint density at radius 2 is 1.70 bits per heavy atom. The third-order valence-electron chi connectivity index (χ3n) is 4.18. The molecule has 0 bridgehead atoms. The Bertz CT molecular complexity index is 1100. The van der Waals surface area contributed by atoms with Gasteiger partial charge in [-0.05, 0) is 66.7 Å². The molecule has 0 fully saturated rings. The number of hydrogen-bond donors (Lipinski definition) is 0. The fraction of sp³-hybridized carbons (Fsp3) is 0.0455. The minimum atomic E-state index is -0.452. The van der Waals surface area contributed by atoms with E-state index in [4.69, 9.17) is 25.5 Å². The Balaban J connectivity index is 1.66. The van der Waals surface area contributed by atoms with E-state index in [9.17, 15) is 4.79 Å². The molecule has 5 heteroatoms. The van der Waals surface area contributed by atoms with E-state index in [2.05, 4.69) is 0 Å². The Hall–Kier alpha value is -3.24. The third kappa shape index (κ3) is 3.52. The summed E-state index contributed by atoms with van der Waals surface area (Å²) in [5, 5.41) is 1.29. The molecule has 1 heterocycles. The van der Waals surface area contributed by atoms with Gasteiger partial charge in [-0.3, -0.25) is 0 Å². The zero-order valence-electron chi connectivity index (χ0n) is 14.4. The van der Waals surface area contributed by atoms with Crippen LogP contribution in [0.25, 0.3) is 22.3 Å². The lowest BCUT2D eigenvalue weighted by atomic mass is 10.1. The number of esters is 1. The van der Waals surface area contributed by atoms with Gasteiger partial charge in [0.05, 0.1) is 18.1 Å². The van der Waals surface area contributed by atoms with Gasteiger partial charge in [0.15, 0.2) is 0 Å². The highest BCUT2D eigenvalue weighted by atomic mass is 35.5. The summed E-state index contributed by atoms with van der Waals surface area (Å²) < 4.78 is 16.7. The van der Waals surface area contributed by atoms with Crippen molar-refractivity contribution in [3.63, 3.8) is 0 Å². The number of hydrogen-bond acceptors (Lipinski definition) is 4. The highest BCUT2D eigenvalue weighted by molar-refractivity contribution is 6.30. The van der Waals surface area contributed by atoms with Crippen molar-refractivity contribution >= 4 is 28.5 Å². The number of carbonyl (C=O) groups is 1. The summed E-state index contributed by atoms with van der Waals surface area (Å²) in [5.41, 5.74) is 1.97. The second-order valence-electron chi connectivity index (χ2n) is 5.90. The summed E-state index contributed by atoms with van der Waals surface area (Å²) in [6.07, 6.45) is 0. The summed E-state index contributed by atoms with van der Waals surface area (Å²) in [6.45, 7) is 0. The average Bonchev–Trinajstić information content (AvgIpc) is 3.14. The van der Waals surface area contributed by atoms with Gasteiger partial charge in [-0.1, -0.05) is 17.7 Å². The normalized spacial score (nSPS) is 10.7. The van der Waals surface area contributed by atoms with Crippen LogP contribution in [0.5, 0.6) is 11.5 Å². The number of halogens is 1. The monoisotopic (exact) mass is 378 g/mol. The van der Waals surface area contributed by atoms with E-state index in [1.807, 2.05) is 36.4 Å². The fourth-order valence-electron chi connectivity index (χ4n) is 2.77. The first-order chi connectivity index (χ1) is 13.1. The van der Waals surface area contributed by atoms with Crippen LogP contribution in [0.15, 0.2) is 77.2 Å². The topological polar surface area (TPSA) is 48.7 Å². The zero-order chi connectivity index (χ0) is 18.8. The van der Waals surface area contributed by atoms with Crippen LogP contribution >= 0.6 is 11.6 Å². The molecule has 134 valence electrons. The van der Waals surface area contributed by atoms with Gasteiger partial charge in [0.25, 0.3) is 0 Å². The molecule has 4 rings (SSSR count). The summed E-state index contributed by atoms with van der Waals surface area (Å²) in [7, 11) is 1.62. The number of ether oxygens (including phenoxy) is 2. The van der Waals surface area contributed by atoms with Crippen molar-refractivity contribution in [1.29, 1.82) is 0 Å². The van der Waals surface area contributed by atoms with Gasteiger partial charge in [0, 0.05) is 10.6 Å². The van der Waals surface area contributed by atoms with Crippen LogP contribution < -0.4 is 9.47 Å². The van der Waals surface area contributed by atoms with Crippen LogP contribution in [0.2, 0.25) is 5.02 Å². The molecule has 0 amide bonds. The molecular weight excluding hydrogens is 364 g/mol. The molecule has 0 radical (unpaired) electrons. The van der Waals surface area contributed by atoms with E-state index in [0.717, 1.165) is 16.7 Å². The number of benzene rings is 3. The molecule has 0 aliphatic heterocycles. The molecule has 4 aromatic rings. The molecular formula is C22H15ClO4. The third-order valence-corrected chi connectivity index (χ3v) is 4.43. The molecule has 0 saturated heterocycles. The lowest BCUT2D eigenvalue weighted by Gasteiger charge is -2.05. The van der Waals surface area contributed by atoms with Gasteiger partial charge < -0.3 is 13.9 Å². The highest BCUT2D eigenvalue weighted by Gasteiger charge is 2.14. The van der Waals surface area contributed by atoms with Crippen molar-refractivity contribution in [2.75, 3.05) is 7.11 Å². The van der Waals surface area contributed by atoms with Crippen molar-refractivity contribution in [3.8, 4) is 22.8 Å². The molecule has 0 N–H and O–H groups in total. The molecule has 27 heavy (non-hydrogen) atoms. The summed E-state index contributed by atoms with van der Waals surface area (Å²) in [6, 6.07) is 21.3. The second kappa shape index (κ2) is 7.17. The average molecular weight is 379 g/mol. The minimum Gasteiger partial charge on any atom is -0.497 e. The molecule has 0 unspecified atom stereocenters. The quantitative estimate of drug-likeness (QED) is 0.323. The molecule has 1 aromatic heterocycles. The Morgan fingerprint density at radius 3 is 2.41 bits per heavy atom. The van der Waals surface area contributed by atoms with Crippen molar-refractivity contribution in [3.05, 3.63) is 83.4 Å². The van der Waals surface area contributed by atoms with E-state index in [-0.39, 0.29) is 0 Å². The number of carbonyl (C=O) groups excluding carboxylic acids is 1. The van der Waals surface area contributed by atoms with Crippen molar-refractivity contribution < 1.29 is 18.7 Å². The van der Waals surface area contributed by atoms with Crippen LogP contribution in [-0.2, 0) is 0 Å². The maximum atomic E-state index is 12.4. The number of rotatable bonds is 4. The van der Waals surface area contributed by atoms with Crippen LogP contribution in [0.1, 0.15) is 10.4 Å². The number of furan rings is 1. The Labute approximate surface area is 160 Å². The molecule has 0 atom stereocenters. The Kier molecular flexibility index (Phi) is 4.57. The Morgan fingerprint density at radius 1 is 0.963 bits per heavy atom. The lowest BCUT2D eigenvalue weighted by molar-refractivity contribution is 0.0737. The van der Waals surface area contributed by atoms with Crippen LogP contribution in [0.4, 0.5) is 0 Å². The first-order valence-corrected chi connectivity index (χ1v) is 8.66. The highest BCUT2D eigenvalue weighted by Crippen LogP contribution is 2.34. The predicted octanol–water partition coefficient (Wildman–Crippen LogP) is 5.98. The first-order valence-electron chi connectivity index (χ1n) is 8.29. The van der Waals surface area contributed by atoms with Crippen molar-refractivity contribution in [2.45, 2.75) is 0 Å². The summed E-state index contributed by atoms with van der Waals surface area (Å²) >= 11 is 5.86. The van der Waals surface area contributed by atoms with Gasteiger partial charge >= 0.3 is 5.97 Å². The SMILES string of the molecule is COc1ccc(-c2cc3c(OC(=O)c4ccc(Cl)cc4)cccc3o2)cc1. The first kappa shape index (κ1) is 17.2. The van der Waals surface area contributed by atoms with Gasteiger partial charge in [-0.2, -0.15) is 0 Å². The molecule has 0 saturated carbocycles. The van der Waals surface area contributed by atoms with E-state index in [1.165, 1.54) is 0 Å². The van der Waals surface area contributed by atoms with Crippen LogP contribution in [0.3, 0.4) is 0 Å².